The summed E-state index contributed by atoms with van der Waals surface area (Å²) in [5.74, 6) is 0.0209. The number of hydrogen-bond donors (Lipinski definition) is 0. The molecule has 0 aromatic carbocycles. The Morgan fingerprint density at radius 1 is 1.25 bits per heavy atom. The maximum Gasteiger partial charge on any atom is 0.273 e. The van der Waals surface area contributed by atoms with E-state index in [4.69, 9.17) is 0 Å². The van der Waals surface area contributed by atoms with Gasteiger partial charge in [0.1, 0.15) is 12.0 Å². The number of rotatable bonds is 1. The Morgan fingerprint density at radius 3 is 3.05 bits per heavy atom. The number of carbonyl (C=O) groups is 1. The lowest BCUT2D eigenvalue weighted by Crippen LogP contribution is -2.42. The van der Waals surface area contributed by atoms with Crippen LogP contribution in [0.3, 0.4) is 0 Å². The van der Waals surface area contributed by atoms with Crippen LogP contribution in [0.4, 0.5) is 0 Å². The number of nitrogens with zero attached hydrogens (tertiary/aromatic N) is 4. The van der Waals surface area contributed by atoms with Crippen LogP contribution >= 0.6 is 0 Å². The number of amides is 1. The first-order chi connectivity index (χ1) is 9.84. The summed E-state index contributed by atoms with van der Waals surface area (Å²) in [6, 6.07) is 5.81. The molecular weight excluding hydrogens is 252 g/mol. The van der Waals surface area contributed by atoms with E-state index in [0.29, 0.717) is 5.69 Å². The summed E-state index contributed by atoms with van der Waals surface area (Å²) >= 11 is 0. The Bertz CT molecular complexity index is 658. The first-order valence-electron chi connectivity index (χ1n) is 6.87. The van der Waals surface area contributed by atoms with Gasteiger partial charge in [-0.1, -0.05) is 6.07 Å². The molecule has 2 bridgehead atoms. The van der Waals surface area contributed by atoms with Gasteiger partial charge in [-0.3, -0.25) is 9.78 Å². The zero-order valence-electron chi connectivity index (χ0n) is 10.9. The third kappa shape index (κ3) is 1.62. The highest BCUT2D eigenvalue weighted by atomic mass is 16.2. The van der Waals surface area contributed by atoms with Crippen molar-refractivity contribution in [2.24, 2.45) is 0 Å². The van der Waals surface area contributed by atoms with Crippen molar-refractivity contribution in [3.63, 3.8) is 0 Å². The quantitative estimate of drug-likeness (QED) is 0.789. The van der Waals surface area contributed by atoms with E-state index in [2.05, 4.69) is 15.0 Å². The molecule has 0 N–H and O–H groups in total. The van der Waals surface area contributed by atoms with Crippen LogP contribution in [0.2, 0.25) is 0 Å². The van der Waals surface area contributed by atoms with E-state index in [-0.39, 0.29) is 18.0 Å². The third-order valence-electron chi connectivity index (χ3n) is 4.24. The van der Waals surface area contributed by atoms with Crippen LogP contribution in [0.5, 0.6) is 0 Å². The maximum absolute atomic E-state index is 12.7. The van der Waals surface area contributed by atoms with Gasteiger partial charge < -0.3 is 4.90 Å². The van der Waals surface area contributed by atoms with Crippen LogP contribution in [0.1, 0.15) is 40.6 Å². The van der Waals surface area contributed by atoms with Gasteiger partial charge in [0.25, 0.3) is 5.91 Å². The average Bonchev–Trinajstić information content (AvgIpc) is 2.82. The van der Waals surface area contributed by atoms with Crippen LogP contribution in [-0.4, -0.2) is 31.8 Å². The number of pyridine rings is 1. The van der Waals surface area contributed by atoms with Crippen molar-refractivity contribution in [2.45, 2.75) is 31.3 Å². The van der Waals surface area contributed by atoms with Crippen LogP contribution in [0.15, 0.2) is 36.9 Å². The molecule has 0 aliphatic carbocycles. The second-order valence-corrected chi connectivity index (χ2v) is 5.30. The van der Waals surface area contributed by atoms with Gasteiger partial charge in [0.15, 0.2) is 0 Å². The molecule has 0 radical (unpaired) electrons. The van der Waals surface area contributed by atoms with Crippen molar-refractivity contribution in [1.82, 2.24) is 19.9 Å². The van der Waals surface area contributed by atoms with Crippen LogP contribution in [0.25, 0.3) is 0 Å². The third-order valence-corrected chi connectivity index (χ3v) is 4.24. The Morgan fingerprint density at radius 2 is 2.20 bits per heavy atom. The van der Waals surface area contributed by atoms with Crippen LogP contribution in [-0.2, 0) is 6.42 Å². The summed E-state index contributed by atoms with van der Waals surface area (Å²) in [5.41, 5.74) is 2.72. The Hall–Kier alpha value is -2.30. The van der Waals surface area contributed by atoms with Crippen LogP contribution in [0, 0.1) is 0 Å². The first-order valence-corrected chi connectivity index (χ1v) is 6.87. The zero-order valence-corrected chi connectivity index (χ0v) is 10.9. The molecule has 2 unspecified atom stereocenters. The van der Waals surface area contributed by atoms with E-state index in [1.54, 1.807) is 18.6 Å². The molecule has 1 amide bonds. The lowest BCUT2D eigenvalue weighted by atomic mass is 9.99. The van der Waals surface area contributed by atoms with Crippen molar-refractivity contribution in [3.8, 4) is 0 Å². The molecule has 4 heterocycles. The molecule has 2 aromatic heterocycles. The molecular formula is C15H14N4O. The van der Waals surface area contributed by atoms with Gasteiger partial charge in [0, 0.05) is 30.4 Å². The van der Waals surface area contributed by atoms with Gasteiger partial charge in [0.2, 0.25) is 0 Å². The van der Waals surface area contributed by atoms with E-state index in [1.165, 1.54) is 0 Å². The molecule has 4 rings (SSSR count). The van der Waals surface area contributed by atoms with Crippen LogP contribution < -0.4 is 0 Å². The summed E-state index contributed by atoms with van der Waals surface area (Å²) in [4.78, 5) is 27.3. The molecule has 2 atom stereocenters. The minimum Gasteiger partial charge on any atom is -0.327 e. The lowest BCUT2D eigenvalue weighted by molar-refractivity contribution is 0.0637. The maximum atomic E-state index is 12.7. The van der Waals surface area contributed by atoms with E-state index in [0.717, 1.165) is 30.5 Å². The molecule has 0 saturated carbocycles. The molecule has 2 aliphatic heterocycles. The van der Waals surface area contributed by atoms with Crippen molar-refractivity contribution < 1.29 is 4.79 Å². The SMILES string of the molecule is O=C(c1ccccn1)N1C2CCC1c1cncnc1C2. The number of fused-ring (bicyclic) bond motifs is 4. The summed E-state index contributed by atoms with van der Waals surface area (Å²) < 4.78 is 0. The molecule has 2 aromatic rings. The molecule has 1 saturated heterocycles. The van der Waals surface area contributed by atoms with Gasteiger partial charge in [-0.15, -0.1) is 0 Å². The Balaban J connectivity index is 1.73. The summed E-state index contributed by atoms with van der Waals surface area (Å²) in [6.45, 7) is 0. The van der Waals surface area contributed by atoms with Gasteiger partial charge in [-0.2, -0.15) is 0 Å². The fourth-order valence-electron chi connectivity index (χ4n) is 3.36. The standard InChI is InChI=1S/C15H14N4O/c20-15(12-3-1-2-6-17-12)19-10-4-5-14(19)11-8-16-9-18-13(11)7-10/h1-3,6,8-10,14H,4-5,7H2. The van der Waals surface area contributed by atoms with Crippen molar-refractivity contribution in [3.05, 3.63) is 53.9 Å². The van der Waals surface area contributed by atoms with Crippen molar-refractivity contribution >= 4 is 5.91 Å². The predicted molar refractivity (Wildman–Crippen MR) is 71.9 cm³/mol. The smallest absolute Gasteiger partial charge is 0.273 e. The molecule has 1 fully saturated rings. The predicted octanol–water partition coefficient (Wildman–Crippen LogP) is 1.77. The van der Waals surface area contributed by atoms with Gasteiger partial charge in [-0.05, 0) is 25.0 Å². The topological polar surface area (TPSA) is 59.0 Å². The summed E-state index contributed by atoms with van der Waals surface area (Å²) in [5, 5.41) is 0. The van der Waals surface area contributed by atoms with E-state index >= 15 is 0 Å². The second kappa shape index (κ2) is 4.37. The van der Waals surface area contributed by atoms with Crippen molar-refractivity contribution in [2.75, 3.05) is 0 Å². The molecule has 0 spiro atoms. The highest BCUT2D eigenvalue weighted by Crippen LogP contribution is 2.43. The average molecular weight is 266 g/mol. The van der Waals surface area contributed by atoms with Crippen molar-refractivity contribution in [1.29, 1.82) is 0 Å². The number of hydrogen-bond acceptors (Lipinski definition) is 4. The van der Waals surface area contributed by atoms with Gasteiger partial charge >= 0.3 is 0 Å². The first kappa shape index (κ1) is 11.5. The second-order valence-electron chi connectivity index (χ2n) is 5.30. The minimum absolute atomic E-state index is 0.0209. The monoisotopic (exact) mass is 266 g/mol. The molecule has 100 valence electrons. The summed E-state index contributed by atoms with van der Waals surface area (Å²) in [6.07, 6.45) is 7.95. The van der Waals surface area contributed by atoms with Gasteiger partial charge in [0.05, 0.1) is 11.7 Å². The highest BCUT2D eigenvalue weighted by Gasteiger charge is 2.43. The number of carbonyl (C=O) groups excluding carboxylic acids is 1. The summed E-state index contributed by atoms with van der Waals surface area (Å²) in [7, 11) is 0. The Kier molecular flexibility index (Phi) is 2.52. The largest absolute Gasteiger partial charge is 0.327 e. The minimum atomic E-state index is 0.0209. The molecule has 5 nitrogen and oxygen atoms in total. The molecule has 2 aliphatic rings. The van der Waals surface area contributed by atoms with E-state index < -0.39 is 0 Å². The fraction of sp³-hybridized carbons (Fsp3) is 0.333. The molecule has 20 heavy (non-hydrogen) atoms. The normalized spacial score (nSPS) is 23.5. The van der Waals surface area contributed by atoms with Gasteiger partial charge in [-0.25, -0.2) is 9.97 Å². The zero-order chi connectivity index (χ0) is 13.5. The lowest BCUT2D eigenvalue weighted by Gasteiger charge is -2.35. The fourth-order valence-corrected chi connectivity index (χ4v) is 3.36. The van der Waals surface area contributed by atoms with E-state index in [9.17, 15) is 4.79 Å². The highest BCUT2D eigenvalue weighted by molar-refractivity contribution is 5.93. The Labute approximate surface area is 116 Å². The number of aromatic nitrogens is 3. The van der Waals surface area contributed by atoms with E-state index in [1.807, 2.05) is 23.2 Å². The molecule has 5 heteroatoms.